The van der Waals surface area contributed by atoms with Crippen molar-refractivity contribution >= 4 is 0 Å². The van der Waals surface area contributed by atoms with Crippen LogP contribution < -0.4 is 5.32 Å². The maximum Gasteiger partial charge on any atom is 0.00915 e. The molecule has 2 rings (SSSR count). The van der Waals surface area contributed by atoms with Crippen LogP contribution in [-0.4, -0.2) is 62.2 Å². The van der Waals surface area contributed by atoms with Crippen LogP contribution in [0.1, 0.15) is 45.4 Å². The molecule has 3 heteroatoms. The van der Waals surface area contributed by atoms with Crippen LogP contribution in [0.5, 0.6) is 0 Å². The van der Waals surface area contributed by atoms with E-state index in [-0.39, 0.29) is 0 Å². The molecule has 1 atom stereocenters. The maximum atomic E-state index is 3.84. The summed E-state index contributed by atoms with van der Waals surface area (Å²) in [4.78, 5) is 5.14. The van der Waals surface area contributed by atoms with Crippen molar-refractivity contribution < 1.29 is 0 Å². The first-order valence-electron chi connectivity index (χ1n) is 8.42. The molecule has 0 aliphatic carbocycles. The lowest BCUT2D eigenvalue weighted by atomic mass is 9.97. The Labute approximate surface area is 119 Å². The molecule has 2 saturated heterocycles. The second kappa shape index (κ2) is 8.23. The zero-order chi connectivity index (χ0) is 13.5. The number of nitrogens with zero attached hydrogens (tertiary/aromatic N) is 2. The molecule has 1 N–H and O–H groups in total. The molecule has 2 aliphatic heterocycles. The third kappa shape index (κ3) is 5.41. The van der Waals surface area contributed by atoms with Gasteiger partial charge in [0, 0.05) is 12.6 Å². The Bertz CT molecular complexity index is 236. The SMILES string of the molecule is CCCCN1CCC(NCC2CCCN(C)C2)CC1. The Morgan fingerprint density at radius 3 is 2.58 bits per heavy atom. The van der Waals surface area contributed by atoms with Gasteiger partial charge in [-0.05, 0) is 77.8 Å². The Morgan fingerprint density at radius 2 is 1.89 bits per heavy atom. The van der Waals surface area contributed by atoms with Crippen molar-refractivity contribution in [2.45, 2.75) is 51.5 Å². The summed E-state index contributed by atoms with van der Waals surface area (Å²) in [6.45, 7) is 10.1. The van der Waals surface area contributed by atoms with Gasteiger partial charge in [0.1, 0.15) is 0 Å². The summed E-state index contributed by atoms with van der Waals surface area (Å²) in [6, 6.07) is 0.783. The molecular weight excluding hydrogens is 234 g/mol. The highest BCUT2D eigenvalue weighted by Gasteiger charge is 2.21. The standard InChI is InChI=1S/C16H33N3/c1-3-4-10-19-11-7-16(8-12-19)17-13-15-6-5-9-18(2)14-15/h15-17H,3-14H2,1-2H3. The van der Waals surface area contributed by atoms with Crippen molar-refractivity contribution in [3.05, 3.63) is 0 Å². The summed E-state index contributed by atoms with van der Waals surface area (Å²) in [7, 11) is 2.26. The molecule has 0 aromatic heterocycles. The number of likely N-dealkylation sites (tertiary alicyclic amines) is 2. The van der Waals surface area contributed by atoms with Crippen LogP contribution in [0.2, 0.25) is 0 Å². The summed E-state index contributed by atoms with van der Waals surface area (Å²) in [5.74, 6) is 0.886. The monoisotopic (exact) mass is 267 g/mol. The molecule has 0 amide bonds. The van der Waals surface area contributed by atoms with Crippen LogP contribution in [0.15, 0.2) is 0 Å². The topological polar surface area (TPSA) is 18.5 Å². The van der Waals surface area contributed by atoms with Gasteiger partial charge in [-0.1, -0.05) is 13.3 Å². The summed E-state index contributed by atoms with van der Waals surface area (Å²) in [6.07, 6.45) is 8.21. The van der Waals surface area contributed by atoms with Gasteiger partial charge in [-0.15, -0.1) is 0 Å². The fourth-order valence-corrected chi connectivity index (χ4v) is 3.52. The largest absolute Gasteiger partial charge is 0.314 e. The average Bonchev–Trinajstić information content (AvgIpc) is 2.44. The minimum Gasteiger partial charge on any atom is -0.314 e. The van der Waals surface area contributed by atoms with Gasteiger partial charge in [-0.3, -0.25) is 0 Å². The van der Waals surface area contributed by atoms with E-state index in [1.54, 1.807) is 0 Å². The van der Waals surface area contributed by atoms with Crippen molar-refractivity contribution in [1.82, 2.24) is 15.1 Å². The van der Waals surface area contributed by atoms with Crippen LogP contribution in [-0.2, 0) is 0 Å². The van der Waals surface area contributed by atoms with Gasteiger partial charge < -0.3 is 15.1 Å². The van der Waals surface area contributed by atoms with Gasteiger partial charge in [0.15, 0.2) is 0 Å². The first kappa shape index (κ1) is 15.3. The molecule has 0 spiro atoms. The van der Waals surface area contributed by atoms with Crippen molar-refractivity contribution in [3.8, 4) is 0 Å². The molecule has 1 unspecified atom stereocenters. The van der Waals surface area contributed by atoms with E-state index >= 15 is 0 Å². The van der Waals surface area contributed by atoms with Crippen molar-refractivity contribution in [3.63, 3.8) is 0 Å². The quantitative estimate of drug-likeness (QED) is 0.796. The molecular formula is C16H33N3. The van der Waals surface area contributed by atoms with E-state index in [0.29, 0.717) is 0 Å². The molecule has 0 aromatic rings. The van der Waals surface area contributed by atoms with Gasteiger partial charge in [0.05, 0.1) is 0 Å². The maximum absolute atomic E-state index is 3.84. The van der Waals surface area contributed by atoms with Gasteiger partial charge in [-0.2, -0.15) is 0 Å². The molecule has 112 valence electrons. The third-order valence-corrected chi connectivity index (χ3v) is 4.83. The number of rotatable bonds is 6. The summed E-state index contributed by atoms with van der Waals surface area (Å²) >= 11 is 0. The van der Waals surface area contributed by atoms with E-state index in [1.807, 2.05) is 0 Å². The number of unbranched alkanes of at least 4 members (excludes halogenated alkanes) is 1. The van der Waals surface area contributed by atoms with Gasteiger partial charge in [-0.25, -0.2) is 0 Å². The molecule has 0 saturated carbocycles. The van der Waals surface area contributed by atoms with Gasteiger partial charge >= 0.3 is 0 Å². The zero-order valence-corrected chi connectivity index (χ0v) is 13.0. The molecule has 0 radical (unpaired) electrons. The van der Waals surface area contributed by atoms with Crippen molar-refractivity contribution in [2.24, 2.45) is 5.92 Å². The molecule has 2 heterocycles. The highest BCUT2D eigenvalue weighted by Crippen LogP contribution is 2.16. The summed E-state index contributed by atoms with van der Waals surface area (Å²) in [5.41, 5.74) is 0. The van der Waals surface area contributed by atoms with Crippen LogP contribution in [0.3, 0.4) is 0 Å². The van der Waals surface area contributed by atoms with Crippen LogP contribution in [0.25, 0.3) is 0 Å². The lowest BCUT2D eigenvalue weighted by Gasteiger charge is -2.35. The minimum absolute atomic E-state index is 0.783. The van der Waals surface area contributed by atoms with E-state index in [9.17, 15) is 0 Å². The normalized spacial score (nSPS) is 27.8. The highest BCUT2D eigenvalue weighted by molar-refractivity contribution is 4.80. The van der Waals surface area contributed by atoms with Crippen LogP contribution in [0.4, 0.5) is 0 Å². The number of nitrogens with one attached hydrogen (secondary N) is 1. The number of hydrogen-bond donors (Lipinski definition) is 1. The van der Waals surface area contributed by atoms with Crippen LogP contribution in [0, 0.1) is 5.92 Å². The number of piperidine rings is 2. The fourth-order valence-electron chi connectivity index (χ4n) is 3.52. The van der Waals surface area contributed by atoms with Crippen LogP contribution >= 0.6 is 0 Å². The Hall–Kier alpha value is -0.120. The Balaban J connectivity index is 1.57. The third-order valence-electron chi connectivity index (χ3n) is 4.83. The first-order chi connectivity index (χ1) is 9.28. The summed E-state index contributed by atoms with van der Waals surface area (Å²) < 4.78 is 0. The van der Waals surface area contributed by atoms with E-state index in [1.165, 1.54) is 77.8 Å². The molecule has 0 bridgehead atoms. The van der Waals surface area contributed by atoms with E-state index < -0.39 is 0 Å². The van der Waals surface area contributed by atoms with E-state index in [2.05, 4.69) is 29.1 Å². The zero-order valence-electron chi connectivity index (χ0n) is 13.0. The summed E-state index contributed by atoms with van der Waals surface area (Å²) in [5, 5.41) is 3.84. The predicted octanol–water partition coefficient (Wildman–Crippen LogP) is 2.18. The molecule has 19 heavy (non-hydrogen) atoms. The lowest BCUT2D eigenvalue weighted by Crippen LogP contribution is -2.45. The van der Waals surface area contributed by atoms with Gasteiger partial charge in [0.2, 0.25) is 0 Å². The Morgan fingerprint density at radius 1 is 1.11 bits per heavy atom. The molecule has 0 aromatic carbocycles. The van der Waals surface area contributed by atoms with Crippen molar-refractivity contribution in [1.29, 1.82) is 0 Å². The first-order valence-corrected chi connectivity index (χ1v) is 8.42. The van der Waals surface area contributed by atoms with Gasteiger partial charge in [0.25, 0.3) is 0 Å². The highest BCUT2D eigenvalue weighted by atomic mass is 15.1. The van der Waals surface area contributed by atoms with Crippen molar-refractivity contribution in [2.75, 3.05) is 46.3 Å². The lowest BCUT2D eigenvalue weighted by molar-refractivity contribution is 0.174. The molecule has 2 fully saturated rings. The molecule has 3 nitrogen and oxygen atoms in total. The second-order valence-corrected chi connectivity index (χ2v) is 6.65. The van der Waals surface area contributed by atoms with E-state index in [0.717, 1.165) is 12.0 Å². The predicted molar refractivity (Wildman–Crippen MR) is 82.6 cm³/mol. The fraction of sp³-hybridized carbons (Fsp3) is 1.00. The minimum atomic E-state index is 0.783. The van der Waals surface area contributed by atoms with E-state index in [4.69, 9.17) is 0 Å². The average molecular weight is 267 g/mol. The Kier molecular flexibility index (Phi) is 6.62. The smallest absolute Gasteiger partial charge is 0.00915 e. The number of hydrogen-bond acceptors (Lipinski definition) is 3. The molecule has 2 aliphatic rings. The second-order valence-electron chi connectivity index (χ2n) is 6.65.